The summed E-state index contributed by atoms with van der Waals surface area (Å²) in [5.41, 5.74) is 4.06. The van der Waals surface area contributed by atoms with Crippen molar-refractivity contribution >= 4 is 22.3 Å². The first-order chi connectivity index (χ1) is 13.2. The Morgan fingerprint density at radius 1 is 0.963 bits per heavy atom. The molecule has 4 nitrogen and oxygen atoms in total. The number of benzene rings is 2. The molecule has 2 aromatic carbocycles. The zero-order valence-electron chi connectivity index (χ0n) is 15.6. The van der Waals surface area contributed by atoms with Crippen LogP contribution in [0.15, 0.2) is 65.8 Å². The van der Waals surface area contributed by atoms with Gasteiger partial charge in [0.25, 0.3) is 5.66 Å². The highest BCUT2D eigenvalue weighted by Crippen LogP contribution is 2.38. The molecule has 1 fully saturated rings. The topological polar surface area (TPSA) is 43.4 Å². The van der Waals surface area contributed by atoms with E-state index in [1.54, 1.807) is 0 Å². The Morgan fingerprint density at radius 3 is 2.44 bits per heavy atom. The van der Waals surface area contributed by atoms with E-state index in [0.29, 0.717) is 0 Å². The molecule has 0 saturated heterocycles. The SMILES string of the molecule is Cn1cc(C2=[N+]([O-])C3(CCCCC3)N=C2c2ccccc2)c2ccccc21. The molecule has 27 heavy (non-hydrogen) atoms. The standard InChI is InChI=1S/C23H23N3O/c1-25-16-19(18-12-6-7-13-20(18)25)22-21(17-10-4-2-5-11-17)24-23(26(22)27)14-8-3-9-15-23/h2,4-7,10-13,16H,3,8-9,14-15H2,1H3. The molecule has 1 spiro atoms. The number of rotatable bonds is 2. The molecule has 5 rings (SSSR count). The van der Waals surface area contributed by atoms with E-state index >= 15 is 0 Å². The summed E-state index contributed by atoms with van der Waals surface area (Å²) < 4.78 is 3.33. The van der Waals surface area contributed by atoms with Gasteiger partial charge in [-0.1, -0.05) is 55.0 Å². The van der Waals surface area contributed by atoms with Crippen LogP contribution in [0.3, 0.4) is 0 Å². The second-order valence-corrected chi connectivity index (χ2v) is 7.68. The molecule has 1 aromatic heterocycles. The van der Waals surface area contributed by atoms with Crippen molar-refractivity contribution in [3.63, 3.8) is 0 Å². The summed E-state index contributed by atoms with van der Waals surface area (Å²) in [7, 11) is 2.03. The lowest BCUT2D eigenvalue weighted by Crippen LogP contribution is -2.38. The van der Waals surface area contributed by atoms with Gasteiger partial charge in [0, 0.05) is 42.6 Å². The van der Waals surface area contributed by atoms with Crippen LogP contribution in [-0.2, 0) is 7.05 Å². The molecule has 1 saturated carbocycles. The summed E-state index contributed by atoms with van der Waals surface area (Å²) in [4.78, 5) is 5.09. The average molecular weight is 357 g/mol. The zero-order valence-corrected chi connectivity index (χ0v) is 15.6. The van der Waals surface area contributed by atoms with Gasteiger partial charge in [-0.25, -0.2) is 4.99 Å². The quantitative estimate of drug-likeness (QED) is 0.487. The van der Waals surface area contributed by atoms with Gasteiger partial charge >= 0.3 is 0 Å². The average Bonchev–Trinajstić information content (AvgIpc) is 3.18. The number of fused-ring (bicyclic) bond motifs is 1. The smallest absolute Gasteiger partial charge is 0.266 e. The lowest BCUT2D eigenvalue weighted by molar-refractivity contribution is -0.547. The third-order valence-electron chi connectivity index (χ3n) is 5.98. The summed E-state index contributed by atoms with van der Waals surface area (Å²) in [5.74, 6) is 0. The number of aliphatic imine (C=N–C) groups is 1. The Labute approximate surface area is 159 Å². The molecule has 1 aliphatic heterocycles. The summed E-state index contributed by atoms with van der Waals surface area (Å²) in [5, 5.41) is 14.8. The van der Waals surface area contributed by atoms with Crippen molar-refractivity contribution in [1.82, 2.24) is 4.57 Å². The van der Waals surface area contributed by atoms with Gasteiger partial charge in [0.2, 0.25) is 5.71 Å². The Balaban J connectivity index is 1.78. The van der Waals surface area contributed by atoms with Crippen LogP contribution < -0.4 is 0 Å². The lowest BCUT2D eigenvalue weighted by Gasteiger charge is -2.28. The first-order valence-corrected chi connectivity index (χ1v) is 9.74. The fourth-order valence-corrected chi connectivity index (χ4v) is 4.61. The first kappa shape index (κ1) is 16.3. The second-order valence-electron chi connectivity index (χ2n) is 7.68. The van der Waals surface area contributed by atoms with Gasteiger partial charge < -0.3 is 9.77 Å². The van der Waals surface area contributed by atoms with Gasteiger partial charge in [0.05, 0.1) is 5.56 Å². The van der Waals surface area contributed by atoms with Crippen LogP contribution >= 0.6 is 0 Å². The van der Waals surface area contributed by atoms with Crippen molar-refractivity contribution in [2.45, 2.75) is 37.8 Å². The molecule has 1 aliphatic carbocycles. The first-order valence-electron chi connectivity index (χ1n) is 9.74. The Morgan fingerprint density at radius 2 is 1.67 bits per heavy atom. The fraction of sp³-hybridized carbons (Fsp3) is 0.304. The number of aryl methyl sites for hydroxylation is 1. The number of hydrogen-bond donors (Lipinski definition) is 0. The van der Waals surface area contributed by atoms with Crippen LogP contribution in [0, 0.1) is 5.21 Å². The Bertz CT molecular complexity index is 1070. The third kappa shape index (κ3) is 2.43. The Kier molecular flexibility index (Phi) is 3.67. The monoisotopic (exact) mass is 357 g/mol. The van der Waals surface area contributed by atoms with Crippen molar-refractivity contribution in [3.05, 3.63) is 77.1 Å². The van der Waals surface area contributed by atoms with Crippen molar-refractivity contribution in [3.8, 4) is 0 Å². The third-order valence-corrected chi connectivity index (χ3v) is 5.98. The van der Waals surface area contributed by atoms with Gasteiger partial charge in [-0.05, 0) is 18.9 Å². The normalized spacial score (nSPS) is 19.1. The van der Waals surface area contributed by atoms with Gasteiger partial charge in [0.15, 0.2) is 0 Å². The molecule has 2 heterocycles. The molecule has 136 valence electrons. The molecule has 0 atom stereocenters. The Hall–Kier alpha value is -2.88. The lowest BCUT2D eigenvalue weighted by atomic mass is 9.90. The molecule has 0 bridgehead atoms. The van der Waals surface area contributed by atoms with Crippen LogP contribution in [0.2, 0.25) is 0 Å². The van der Waals surface area contributed by atoms with Crippen LogP contribution in [0.4, 0.5) is 0 Å². The summed E-state index contributed by atoms with van der Waals surface area (Å²) in [6.45, 7) is 0. The maximum atomic E-state index is 13.7. The van der Waals surface area contributed by atoms with E-state index in [9.17, 15) is 5.21 Å². The van der Waals surface area contributed by atoms with Crippen LogP contribution in [0.5, 0.6) is 0 Å². The minimum absolute atomic E-state index is 0.629. The van der Waals surface area contributed by atoms with E-state index < -0.39 is 5.66 Å². The highest BCUT2D eigenvalue weighted by molar-refractivity contribution is 6.54. The number of nitrogens with zero attached hydrogens (tertiary/aromatic N) is 3. The van der Waals surface area contributed by atoms with Gasteiger partial charge in [-0.15, -0.1) is 0 Å². The summed E-state index contributed by atoms with van der Waals surface area (Å²) in [6, 6.07) is 18.4. The van der Waals surface area contributed by atoms with E-state index in [2.05, 4.69) is 35.0 Å². The van der Waals surface area contributed by atoms with Gasteiger partial charge in [0.1, 0.15) is 5.71 Å². The minimum atomic E-state index is -0.629. The molecule has 0 radical (unpaired) electrons. The second kappa shape index (κ2) is 6.08. The number of para-hydroxylation sites is 1. The van der Waals surface area contributed by atoms with Crippen LogP contribution in [0.1, 0.15) is 43.2 Å². The summed E-state index contributed by atoms with van der Waals surface area (Å²) in [6.07, 6.45) is 7.06. The van der Waals surface area contributed by atoms with E-state index in [1.807, 2.05) is 37.4 Å². The molecule has 0 N–H and O–H groups in total. The molecular formula is C23H23N3O. The zero-order chi connectivity index (χ0) is 18.4. The number of hydrogen-bond acceptors (Lipinski definition) is 2. The molecule has 2 aliphatic rings. The maximum Gasteiger partial charge on any atom is 0.266 e. The molecule has 0 amide bonds. The molecule has 0 unspecified atom stereocenters. The molecule has 3 aromatic rings. The summed E-state index contributed by atoms with van der Waals surface area (Å²) >= 11 is 0. The van der Waals surface area contributed by atoms with Crippen molar-refractivity contribution < 1.29 is 4.74 Å². The van der Waals surface area contributed by atoms with Gasteiger partial charge in [-0.3, -0.25) is 0 Å². The highest BCUT2D eigenvalue weighted by Gasteiger charge is 2.48. The molecular weight excluding hydrogens is 334 g/mol. The largest absolute Gasteiger partial charge is 0.621 e. The van der Waals surface area contributed by atoms with Crippen molar-refractivity contribution in [1.29, 1.82) is 0 Å². The fourth-order valence-electron chi connectivity index (χ4n) is 4.61. The van der Waals surface area contributed by atoms with Crippen molar-refractivity contribution in [2.75, 3.05) is 0 Å². The maximum absolute atomic E-state index is 13.7. The van der Waals surface area contributed by atoms with E-state index in [0.717, 1.165) is 59.1 Å². The van der Waals surface area contributed by atoms with Crippen LogP contribution in [0.25, 0.3) is 10.9 Å². The van der Waals surface area contributed by atoms with Crippen LogP contribution in [-0.4, -0.2) is 26.4 Å². The van der Waals surface area contributed by atoms with E-state index in [-0.39, 0.29) is 0 Å². The number of hydroxylamine groups is 1. The number of aromatic nitrogens is 1. The highest BCUT2D eigenvalue weighted by atomic mass is 16.5. The van der Waals surface area contributed by atoms with E-state index in [4.69, 9.17) is 4.99 Å². The minimum Gasteiger partial charge on any atom is -0.621 e. The predicted octanol–water partition coefficient (Wildman–Crippen LogP) is 4.64. The van der Waals surface area contributed by atoms with Crippen molar-refractivity contribution in [2.24, 2.45) is 12.0 Å². The predicted molar refractivity (Wildman–Crippen MR) is 109 cm³/mol. The molecule has 4 heteroatoms. The van der Waals surface area contributed by atoms with Gasteiger partial charge in [-0.2, -0.15) is 4.74 Å². The van der Waals surface area contributed by atoms with E-state index in [1.165, 1.54) is 11.2 Å².